The van der Waals surface area contributed by atoms with E-state index in [9.17, 15) is 4.79 Å². The van der Waals surface area contributed by atoms with Crippen molar-refractivity contribution in [2.45, 2.75) is 38.3 Å². The monoisotopic (exact) mass is 251 g/mol. The molecule has 2 atom stereocenters. The molecule has 2 unspecified atom stereocenters. The Balaban J connectivity index is 0.000000199. The summed E-state index contributed by atoms with van der Waals surface area (Å²) < 4.78 is 0. The van der Waals surface area contributed by atoms with Crippen LogP contribution in [0.1, 0.15) is 37.9 Å². The molecule has 100 valence electrons. The summed E-state index contributed by atoms with van der Waals surface area (Å²) in [5.41, 5.74) is 0.403. The van der Waals surface area contributed by atoms with Crippen LogP contribution in [0.5, 0.6) is 0 Å². The number of carbonyl (C=O) groups is 1. The first-order chi connectivity index (χ1) is 8.61. The van der Waals surface area contributed by atoms with E-state index in [2.05, 4.69) is 12.2 Å². The zero-order chi connectivity index (χ0) is 13.4. The number of benzene rings is 1. The molecule has 0 aromatic heterocycles. The maximum absolute atomic E-state index is 10.2. The van der Waals surface area contributed by atoms with Crippen molar-refractivity contribution in [1.29, 1.82) is 0 Å². The fourth-order valence-electron chi connectivity index (χ4n) is 1.80. The third-order valence-corrected chi connectivity index (χ3v) is 2.91. The molecule has 1 aliphatic heterocycles. The predicted molar refractivity (Wildman–Crippen MR) is 70.4 cm³/mol. The number of aliphatic carboxylic acids is 1. The van der Waals surface area contributed by atoms with Crippen molar-refractivity contribution in [3.05, 3.63) is 35.9 Å². The van der Waals surface area contributed by atoms with Gasteiger partial charge in [0.05, 0.1) is 0 Å². The lowest BCUT2D eigenvalue weighted by molar-refractivity contribution is -0.146. The first-order valence-corrected chi connectivity index (χ1v) is 6.30. The van der Waals surface area contributed by atoms with Crippen LogP contribution in [-0.4, -0.2) is 28.8 Å². The Bertz CT molecular complexity index is 347. The molecule has 0 radical (unpaired) electrons. The summed E-state index contributed by atoms with van der Waals surface area (Å²) in [6.07, 6.45) is 2.77. The Morgan fingerprint density at radius 1 is 1.33 bits per heavy atom. The molecule has 1 fully saturated rings. The summed E-state index contributed by atoms with van der Waals surface area (Å²) in [6, 6.07) is 9.05. The molecule has 1 aliphatic rings. The molecule has 18 heavy (non-hydrogen) atoms. The standard InChI is InChI=1S/C8H8O3.C6H13N/c9-7(8(10)11)6-4-2-1-3-5-6;1-6-4-2-3-5-7-6/h1-5,7,9H,(H,10,11);6-7H,2-5H2,1H3. The van der Waals surface area contributed by atoms with E-state index in [0.717, 1.165) is 6.04 Å². The zero-order valence-electron chi connectivity index (χ0n) is 10.7. The van der Waals surface area contributed by atoms with Gasteiger partial charge in [-0.2, -0.15) is 0 Å². The molecule has 1 heterocycles. The van der Waals surface area contributed by atoms with Gasteiger partial charge in [0.2, 0.25) is 0 Å². The van der Waals surface area contributed by atoms with E-state index in [1.54, 1.807) is 30.3 Å². The van der Waals surface area contributed by atoms with E-state index in [1.807, 2.05) is 0 Å². The summed E-state index contributed by atoms with van der Waals surface area (Å²) >= 11 is 0. The number of hydrogen-bond donors (Lipinski definition) is 3. The molecule has 0 aliphatic carbocycles. The van der Waals surface area contributed by atoms with Crippen LogP contribution >= 0.6 is 0 Å². The maximum Gasteiger partial charge on any atom is 0.337 e. The second-order valence-corrected chi connectivity index (χ2v) is 4.50. The van der Waals surface area contributed by atoms with Crippen LogP contribution in [0.4, 0.5) is 0 Å². The fourth-order valence-corrected chi connectivity index (χ4v) is 1.80. The molecule has 0 amide bonds. The largest absolute Gasteiger partial charge is 0.479 e. The van der Waals surface area contributed by atoms with Crippen molar-refractivity contribution in [1.82, 2.24) is 5.32 Å². The summed E-state index contributed by atoms with van der Waals surface area (Å²) in [5, 5.41) is 20.8. The van der Waals surface area contributed by atoms with Crippen LogP contribution in [0, 0.1) is 0 Å². The molecule has 0 spiro atoms. The van der Waals surface area contributed by atoms with Gasteiger partial charge >= 0.3 is 5.97 Å². The van der Waals surface area contributed by atoms with Gasteiger partial charge in [-0.05, 0) is 31.9 Å². The van der Waals surface area contributed by atoms with Crippen LogP contribution in [0.25, 0.3) is 0 Å². The molecule has 3 N–H and O–H groups in total. The first-order valence-electron chi connectivity index (χ1n) is 6.30. The van der Waals surface area contributed by atoms with E-state index in [4.69, 9.17) is 10.2 Å². The Morgan fingerprint density at radius 3 is 2.39 bits per heavy atom. The highest BCUT2D eigenvalue weighted by atomic mass is 16.4. The Morgan fingerprint density at radius 2 is 2.00 bits per heavy atom. The molecule has 1 saturated heterocycles. The minimum Gasteiger partial charge on any atom is -0.479 e. The number of aliphatic hydroxyl groups excluding tert-OH is 1. The second kappa shape index (κ2) is 7.84. The smallest absolute Gasteiger partial charge is 0.337 e. The van der Waals surface area contributed by atoms with E-state index in [0.29, 0.717) is 5.56 Å². The zero-order valence-corrected chi connectivity index (χ0v) is 10.7. The highest BCUT2D eigenvalue weighted by molar-refractivity contribution is 5.73. The molecular formula is C14H21NO3. The highest BCUT2D eigenvalue weighted by Crippen LogP contribution is 2.10. The molecule has 0 bridgehead atoms. The van der Waals surface area contributed by atoms with E-state index in [-0.39, 0.29) is 0 Å². The predicted octanol–water partition coefficient (Wildman–Crippen LogP) is 1.95. The van der Waals surface area contributed by atoms with Crippen molar-refractivity contribution in [3.8, 4) is 0 Å². The van der Waals surface area contributed by atoms with E-state index in [1.165, 1.54) is 25.8 Å². The number of carboxylic acids is 1. The third-order valence-electron chi connectivity index (χ3n) is 2.91. The lowest BCUT2D eigenvalue weighted by Crippen LogP contribution is -2.30. The van der Waals surface area contributed by atoms with Crippen LogP contribution in [0.3, 0.4) is 0 Å². The van der Waals surface area contributed by atoms with Crippen molar-refractivity contribution >= 4 is 5.97 Å². The van der Waals surface area contributed by atoms with E-state index >= 15 is 0 Å². The summed E-state index contributed by atoms with van der Waals surface area (Å²) in [5.74, 6) is -1.23. The number of rotatable bonds is 2. The van der Waals surface area contributed by atoms with Gasteiger partial charge in [-0.15, -0.1) is 0 Å². The van der Waals surface area contributed by atoms with Gasteiger partial charge in [-0.3, -0.25) is 0 Å². The fraction of sp³-hybridized carbons (Fsp3) is 0.500. The highest BCUT2D eigenvalue weighted by Gasteiger charge is 2.14. The maximum atomic E-state index is 10.2. The van der Waals surface area contributed by atoms with Crippen LogP contribution < -0.4 is 5.32 Å². The van der Waals surface area contributed by atoms with Gasteiger partial charge in [-0.1, -0.05) is 36.8 Å². The van der Waals surface area contributed by atoms with Gasteiger partial charge in [-0.25, -0.2) is 4.79 Å². The van der Waals surface area contributed by atoms with Crippen molar-refractivity contribution in [2.75, 3.05) is 6.54 Å². The minimum atomic E-state index is -1.41. The molecule has 0 saturated carbocycles. The van der Waals surface area contributed by atoms with Gasteiger partial charge in [0.15, 0.2) is 6.10 Å². The first kappa shape index (κ1) is 14.7. The van der Waals surface area contributed by atoms with Crippen molar-refractivity contribution in [2.24, 2.45) is 0 Å². The van der Waals surface area contributed by atoms with Crippen LogP contribution in [-0.2, 0) is 4.79 Å². The van der Waals surface area contributed by atoms with Crippen LogP contribution in [0.2, 0.25) is 0 Å². The second-order valence-electron chi connectivity index (χ2n) is 4.50. The number of nitrogens with one attached hydrogen (secondary N) is 1. The van der Waals surface area contributed by atoms with Gasteiger partial charge < -0.3 is 15.5 Å². The molecule has 4 nitrogen and oxygen atoms in total. The number of piperidine rings is 1. The lowest BCUT2D eigenvalue weighted by Gasteiger charge is -2.18. The number of hydrogen-bond acceptors (Lipinski definition) is 3. The summed E-state index contributed by atoms with van der Waals surface area (Å²) in [6.45, 7) is 3.49. The normalized spacial score (nSPS) is 20.4. The Kier molecular flexibility index (Phi) is 6.39. The molecule has 1 aromatic carbocycles. The van der Waals surface area contributed by atoms with Crippen LogP contribution in [0.15, 0.2) is 30.3 Å². The Labute approximate surface area is 108 Å². The average molecular weight is 251 g/mol. The average Bonchev–Trinajstić information content (AvgIpc) is 2.40. The molecule has 4 heteroatoms. The lowest BCUT2D eigenvalue weighted by atomic mass is 10.1. The minimum absolute atomic E-state index is 0.403. The van der Waals surface area contributed by atoms with E-state index < -0.39 is 12.1 Å². The molecule has 2 rings (SSSR count). The quantitative estimate of drug-likeness (QED) is 0.751. The molecule has 1 aromatic rings. The van der Waals surface area contributed by atoms with Crippen molar-refractivity contribution < 1.29 is 15.0 Å². The van der Waals surface area contributed by atoms with Gasteiger partial charge in [0, 0.05) is 6.04 Å². The van der Waals surface area contributed by atoms with Gasteiger partial charge in [0.1, 0.15) is 0 Å². The SMILES string of the molecule is CC1CCCCN1.O=C(O)C(O)c1ccccc1. The van der Waals surface area contributed by atoms with Gasteiger partial charge in [0.25, 0.3) is 0 Å². The summed E-state index contributed by atoms with van der Waals surface area (Å²) in [7, 11) is 0. The molecular weight excluding hydrogens is 230 g/mol. The number of aliphatic hydroxyl groups is 1. The third kappa shape index (κ3) is 5.29. The topological polar surface area (TPSA) is 69.6 Å². The summed E-state index contributed by atoms with van der Waals surface area (Å²) in [4.78, 5) is 10.2. The number of carboxylic acid groups (broad SMARTS) is 1. The Hall–Kier alpha value is -1.39. The van der Waals surface area contributed by atoms with Crippen molar-refractivity contribution in [3.63, 3.8) is 0 Å².